The summed E-state index contributed by atoms with van der Waals surface area (Å²) in [6.07, 6.45) is -1.64. The van der Waals surface area contributed by atoms with Crippen molar-refractivity contribution in [1.82, 2.24) is 14.5 Å². The number of carboxylic acid groups (broad SMARTS) is 1. The number of nitrogens with zero attached hydrogens (tertiary/aromatic N) is 2. The van der Waals surface area contributed by atoms with Gasteiger partial charge in [-0.2, -0.15) is 4.98 Å². The summed E-state index contributed by atoms with van der Waals surface area (Å²) in [5, 5.41) is 18.5. The number of aliphatic carboxylic acids is 1. The average Bonchev–Trinajstić information content (AvgIpc) is 3.06. The third kappa shape index (κ3) is 3.29. The lowest BCUT2D eigenvalue weighted by Gasteiger charge is -2.18. The zero-order chi connectivity index (χ0) is 18.3. The van der Waals surface area contributed by atoms with Crippen molar-refractivity contribution >= 4 is 45.4 Å². The Balaban J connectivity index is 2.10. The van der Waals surface area contributed by atoms with E-state index in [2.05, 4.69) is 9.97 Å². The molecule has 0 radical (unpaired) electrons. The molecule has 0 spiro atoms. The zero-order valence-electron chi connectivity index (χ0n) is 13.0. The normalized spacial score (nSPS) is 24.6. The number of carboxylic acids is 1. The molecule has 3 rings (SSSR count). The van der Waals surface area contributed by atoms with E-state index in [0.717, 1.165) is 16.3 Å². The lowest BCUT2D eigenvalue weighted by Crippen LogP contribution is -2.29. The van der Waals surface area contributed by atoms with Crippen molar-refractivity contribution < 1.29 is 19.7 Å². The highest BCUT2D eigenvalue weighted by Gasteiger charge is 2.42. The maximum Gasteiger partial charge on any atom is 0.311 e. The molecule has 136 valence electrons. The molecule has 2 unspecified atom stereocenters. The topological polar surface area (TPSA) is 161 Å². The molecule has 0 aliphatic carbocycles. The Labute approximate surface area is 148 Å². The summed E-state index contributed by atoms with van der Waals surface area (Å²) in [6, 6.07) is 0. The number of aliphatic hydroxyl groups excluding tert-OH is 1. The monoisotopic (exact) mass is 388 g/mol. The fraction of sp³-hybridized carbons (Fsp3) is 0.538. The Kier molecular flexibility index (Phi) is 4.86. The van der Waals surface area contributed by atoms with Crippen LogP contribution in [0.3, 0.4) is 0 Å². The van der Waals surface area contributed by atoms with Gasteiger partial charge in [0.05, 0.1) is 17.8 Å². The van der Waals surface area contributed by atoms with Gasteiger partial charge in [0.2, 0.25) is 5.95 Å². The van der Waals surface area contributed by atoms with Gasteiger partial charge in [-0.1, -0.05) is 18.3 Å². The third-order valence-electron chi connectivity index (χ3n) is 3.75. The van der Waals surface area contributed by atoms with E-state index < -0.39 is 39.4 Å². The highest BCUT2D eigenvalue weighted by Crippen LogP contribution is 2.43. The lowest BCUT2D eigenvalue weighted by atomic mass is 10.2. The molecular weight excluding hydrogens is 372 g/mol. The molecular formula is C13H16N4O6S2. The number of aromatic amines is 1. The number of thiazole rings is 1. The molecule has 0 aromatic carbocycles. The van der Waals surface area contributed by atoms with E-state index in [-0.39, 0.29) is 22.7 Å². The largest absolute Gasteiger partial charge is 0.481 e. The predicted molar refractivity (Wildman–Crippen MR) is 92.8 cm³/mol. The molecule has 25 heavy (non-hydrogen) atoms. The number of rotatable bonds is 5. The number of carbonyl (C=O) groups is 1. The van der Waals surface area contributed by atoms with Gasteiger partial charge in [0.25, 0.3) is 5.56 Å². The van der Waals surface area contributed by atoms with Crippen LogP contribution < -0.4 is 16.2 Å². The molecule has 1 aliphatic heterocycles. The van der Waals surface area contributed by atoms with Crippen LogP contribution in [0.2, 0.25) is 0 Å². The first-order valence-corrected chi connectivity index (χ1v) is 9.19. The van der Waals surface area contributed by atoms with Crippen LogP contribution in [0, 0.1) is 0 Å². The molecule has 4 atom stereocenters. The number of ether oxygens (including phenoxy) is 1. The Morgan fingerprint density at radius 2 is 2.24 bits per heavy atom. The summed E-state index contributed by atoms with van der Waals surface area (Å²) >= 11 is 1.83. The number of nitrogen functional groups attached to an aromatic ring is 1. The molecule has 1 aliphatic rings. The molecule has 0 saturated carbocycles. The van der Waals surface area contributed by atoms with E-state index in [0.29, 0.717) is 17.8 Å². The van der Waals surface area contributed by atoms with Crippen LogP contribution in [0.4, 0.5) is 5.95 Å². The van der Waals surface area contributed by atoms with Crippen LogP contribution in [0.15, 0.2) is 9.59 Å². The van der Waals surface area contributed by atoms with Gasteiger partial charge >= 0.3 is 10.8 Å². The highest BCUT2D eigenvalue weighted by atomic mass is 32.2. The van der Waals surface area contributed by atoms with Crippen molar-refractivity contribution in [3.8, 4) is 0 Å². The van der Waals surface area contributed by atoms with E-state index >= 15 is 0 Å². The first kappa shape index (κ1) is 17.9. The molecule has 12 heteroatoms. The van der Waals surface area contributed by atoms with E-state index in [1.54, 1.807) is 6.92 Å². The van der Waals surface area contributed by atoms with E-state index in [1.165, 1.54) is 0 Å². The number of aromatic nitrogens is 3. The summed E-state index contributed by atoms with van der Waals surface area (Å²) < 4.78 is 7.00. The second-order valence-electron chi connectivity index (χ2n) is 5.48. The quantitative estimate of drug-likeness (QED) is 0.549. The van der Waals surface area contributed by atoms with Crippen molar-refractivity contribution in [2.24, 2.45) is 0 Å². The van der Waals surface area contributed by atoms with Gasteiger partial charge in [-0.25, -0.2) is 0 Å². The van der Waals surface area contributed by atoms with Crippen LogP contribution >= 0.6 is 23.1 Å². The molecule has 5 N–H and O–H groups in total. The maximum absolute atomic E-state index is 12.4. The smallest absolute Gasteiger partial charge is 0.311 e. The first-order valence-electron chi connectivity index (χ1n) is 7.43. The van der Waals surface area contributed by atoms with Gasteiger partial charge in [0, 0.05) is 0 Å². The van der Waals surface area contributed by atoms with Gasteiger partial charge in [-0.15, -0.1) is 11.8 Å². The van der Waals surface area contributed by atoms with Gasteiger partial charge in [-0.05, 0) is 6.42 Å². The molecule has 0 bridgehead atoms. The number of aliphatic hydroxyl groups is 1. The SMILES string of the molecule is CCC(O)C1O[C@@H](n2c(=O)sc3c(=O)[nH]c(N)nc32)[C@H](CC(=O)O)S1. The fourth-order valence-electron chi connectivity index (χ4n) is 2.59. The Morgan fingerprint density at radius 1 is 1.52 bits per heavy atom. The number of H-pyrrole nitrogens is 1. The summed E-state index contributed by atoms with van der Waals surface area (Å²) in [7, 11) is 0. The van der Waals surface area contributed by atoms with Crippen molar-refractivity contribution in [1.29, 1.82) is 0 Å². The second-order valence-corrected chi connectivity index (χ2v) is 7.79. The van der Waals surface area contributed by atoms with Crippen LogP contribution in [0.1, 0.15) is 26.0 Å². The molecule has 1 fully saturated rings. The lowest BCUT2D eigenvalue weighted by molar-refractivity contribution is -0.138. The van der Waals surface area contributed by atoms with Crippen LogP contribution in [-0.4, -0.2) is 47.5 Å². The molecule has 0 amide bonds. The minimum Gasteiger partial charge on any atom is -0.481 e. The van der Waals surface area contributed by atoms with Crippen molar-refractivity contribution in [3.63, 3.8) is 0 Å². The Morgan fingerprint density at radius 3 is 2.88 bits per heavy atom. The van der Waals surface area contributed by atoms with E-state index in [9.17, 15) is 19.5 Å². The Bertz CT molecular complexity index is 921. The van der Waals surface area contributed by atoms with Crippen molar-refractivity contribution in [3.05, 3.63) is 20.0 Å². The van der Waals surface area contributed by atoms with Crippen molar-refractivity contribution in [2.45, 2.75) is 42.8 Å². The maximum atomic E-state index is 12.4. The first-order chi connectivity index (χ1) is 11.8. The minimum absolute atomic E-state index is 0.0453. The molecule has 10 nitrogen and oxygen atoms in total. The third-order valence-corrected chi connectivity index (χ3v) is 6.14. The molecule has 1 saturated heterocycles. The highest BCUT2D eigenvalue weighted by molar-refractivity contribution is 8.00. The molecule has 2 aromatic rings. The summed E-state index contributed by atoms with van der Waals surface area (Å²) in [5.41, 5.74) is 4.37. The molecule has 2 aromatic heterocycles. The number of thioether (sulfide) groups is 1. The predicted octanol–water partition coefficient (Wildman–Crippen LogP) is -0.0692. The Hall–Kier alpha value is -1.89. The number of fused-ring (bicyclic) bond motifs is 1. The fourth-order valence-corrected chi connectivity index (χ4v) is 4.89. The van der Waals surface area contributed by atoms with Crippen LogP contribution in [0.25, 0.3) is 10.3 Å². The van der Waals surface area contributed by atoms with Crippen molar-refractivity contribution in [2.75, 3.05) is 5.73 Å². The second kappa shape index (κ2) is 6.78. The van der Waals surface area contributed by atoms with Gasteiger partial charge < -0.3 is 20.7 Å². The van der Waals surface area contributed by atoms with Gasteiger partial charge in [0.15, 0.2) is 11.9 Å². The van der Waals surface area contributed by atoms with Crippen LogP contribution in [0.5, 0.6) is 0 Å². The number of hydrogen-bond acceptors (Lipinski definition) is 9. The summed E-state index contributed by atoms with van der Waals surface area (Å²) in [6.45, 7) is 1.77. The summed E-state index contributed by atoms with van der Waals surface area (Å²) in [5.74, 6) is -1.22. The van der Waals surface area contributed by atoms with E-state index in [1.807, 2.05) is 0 Å². The number of anilines is 1. The summed E-state index contributed by atoms with van der Waals surface area (Å²) in [4.78, 5) is 41.3. The molecule has 3 heterocycles. The number of nitrogens with one attached hydrogen (secondary N) is 1. The van der Waals surface area contributed by atoms with Crippen LogP contribution in [-0.2, 0) is 9.53 Å². The number of hydrogen-bond donors (Lipinski definition) is 4. The average molecular weight is 388 g/mol. The van der Waals surface area contributed by atoms with Gasteiger partial charge in [-0.3, -0.25) is 23.9 Å². The van der Waals surface area contributed by atoms with E-state index in [4.69, 9.17) is 15.6 Å². The minimum atomic E-state index is -1.06. The zero-order valence-corrected chi connectivity index (χ0v) is 14.7. The number of nitrogens with two attached hydrogens (primary N) is 1. The standard InChI is InChI=1S/C13H16N4O6S2/c1-2-4(18)11-23-10(5(24-11)3-6(19)20)17-8-7(25-13(17)22)9(21)16-12(14)15-8/h4-5,10-11,18H,2-3H2,1H3,(H,19,20)(H3,14,15,16,21)/t4?,5-,10+,11?/m0/s1. The van der Waals surface area contributed by atoms with Gasteiger partial charge in [0.1, 0.15) is 10.1 Å².